The lowest BCUT2D eigenvalue weighted by Crippen LogP contribution is -2.29. The van der Waals surface area contributed by atoms with Crippen LogP contribution in [0.1, 0.15) is 17.5 Å². The molecule has 0 aliphatic rings. The minimum absolute atomic E-state index is 0.210. The van der Waals surface area contributed by atoms with Crippen molar-refractivity contribution in [2.45, 2.75) is 6.04 Å². The zero-order chi connectivity index (χ0) is 13.2. The number of furan rings is 1. The fraction of sp³-hybridized carbons (Fsp3) is 0.0769. The SMILES string of the molecule is NNC(c1cnccn1)c1cc2cccc(F)c2o1. The van der Waals surface area contributed by atoms with Crippen molar-refractivity contribution in [1.82, 2.24) is 15.4 Å². The Morgan fingerprint density at radius 3 is 2.89 bits per heavy atom. The topological polar surface area (TPSA) is 77.0 Å². The highest BCUT2D eigenvalue weighted by atomic mass is 19.1. The van der Waals surface area contributed by atoms with E-state index in [2.05, 4.69) is 15.4 Å². The standard InChI is InChI=1S/C13H11FN4O/c14-9-3-1-2-8-6-11(19-13(8)9)12(18-15)10-7-16-4-5-17-10/h1-7,12,18H,15H2. The van der Waals surface area contributed by atoms with Gasteiger partial charge in [0.2, 0.25) is 0 Å². The zero-order valence-corrected chi connectivity index (χ0v) is 9.88. The molecule has 0 bridgehead atoms. The lowest BCUT2D eigenvalue weighted by atomic mass is 10.1. The van der Waals surface area contributed by atoms with Gasteiger partial charge in [-0.2, -0.15) is 0 Å². The van der Waals surface area contributed by atoms with Gasteiger partial charge in [-0.3, -0.25) is 15.8 Å². The van der Waals surface area contributed by atoms with E-state index in [1.165, 1.54) is 6.07 Å². The third-order valence-corrected chi connectivity index (χ3v) is 2.85. The number of nitrogens with zero attached hydrogens (tertiary/aromatic N) is 2. The number of nitrogens with one attached hydrogen (secondary N) is 1. The van der Waals surface area contributed by atoms with Crippen LogP contribution in [-0.4, -0.2) is 9.97 Å². The van der Waals surface area contributed by atoms with Crippen LogP contribution < -0.4 is 11.3 Å². The van der Waals surface area contributed by atoms with Crippen LogP contribution in [0, 0.1) is 5.82 Å². The third-order valence-electron chi connectivity index (χ3n) is 2.85. The molecule has 0 radical (unpaired) electrons. The molecule has 0 aliphatic carbocycles. The average Bonchev–Trinajstić information content (AvgIpc) is 2.86. The summed E-state index contributed by atoms with van der Waals surface area (Å²) in [5.41, 5.74) is 3.41. The molecular weight excluding hydrogens is 247 g/mol. The van der Waals surface area contributed by atoms with Crippen molar-refractivity contribution in [2.24, 2.45) is 5.84 Å². The maximum Gasteiger partial charge on any atom is 0.169 e. The highest BCUT2D eigenvalue weighted by Gasteiger charge is 2.19. The molecule has 3 N–H and O–H groups in total. The summed E-state index contributed by atoms with van der Waals surface area (Å²) in [6, 6.07) is 6.01. The molecule has 0 saturated heterocycles. The van der Waals surface area contributed by atoms with E-state index in [9.17, 15) is 4.39 Å². The fourth-order valence-corrected chi connectivity index (χ4v) is 1.96. The zero-order valence-electron chi connectivity index (χ0n) is 9.88. The van der Waals surface area contributed by atoms with Gasteiger partial charge in [0.1, 0.15) is 11.8 Å². The van der Waals surface area contributed by atoms with Crippen LogP contribution in [0.4, 0.5) is 4.39 Å². The number of nitrogens with two attached hydrogens (primary N) is 1. The van der Waals surface area contributed by atoms with Crippen molar-refractivity contribution in [2.75, 3.05) is 0 Å². The number of benzene rings is 1. The molecule has 1 aromatic carbocycles. The number of rotatable bonds is 3. The van der Waals surface area contributed by atoms with E-state index < -0.39 is 11.9 Å². The molecule has 3 aromatic rings. The Morgan fingerprint density at radius 1 is 1.32 bits per heavy atom. The van der Waals surface area contributed by atoms with E-state index in [0.717, 1.165) is 0 Å². The molecule has 96 valence electrons. The summed E-state index contributed by atoms with van der Waals surface area (Å²) < 4.78 is 19.1. The van der Waals surface area contributed by atoms with Crippen molar-refractivity contribution in [3.05, 3.63) is 60.1 Å². The van der Waals surface area contributed by atoms with Crippen molar-refractivity contribution < 1.29 is 8.81 Å². The van der Waals surface area contributed by atoms with Crippen molar-refractivity contribution in [3.63, 3.8) is 0 Å². The van der Waals surface area contributed by atoms with Crippen LogP contribution in [-0.2, 0) is 0 Å². The minimum Gasteiger partial charge on any atom is -0.456 e. The molecule has 6 heteroatoms. The molecule has 0 aliphatic heterocycles. The fourth-order valence-electron chi connectivity index (χ4n) is 1.96. The smallest absolute Gasteiger partial charge is 0.169 e. The number of hydrazine groups is 1. The van der Waals surface area contributed by atoms with Gasteiger partial charge < -0.3 is 4.42 Å². The van der Waals surface area contributed by atoms with Gasteiger partial charge in [-0.25, -0.2) is 9.82 Å². The van der Waals surface area contributed by atoms with Crippen molar-refractivity contribution in [3.8, 4) is 0 Å². The molecule has 0 spiro atoms. The van der Waals surface area contributed by atoms with E-state index >= 15 is 0 Å². The van der Waals surface area contributed by atoms with Gasteiger partial charge in [0, 0.05) is 17.8 Å². The van der Waals surface area contributed by atoms with Crippen LogP contribution in [0.5, 0.6) is 0 Å². The quantitative estimate of drug-likeness (QED) is 0.554. The molecule has 1 unspecified atom stereocenters. The van der Waals surface area contributed by atoms with Gasteiger partial charge >= 0.3 is 0 Å². The number of fused-ring (bicyclic) bond motifs is 1. The van der Waals surface area contributed by atoms with Crippen LogP contribution >= 0.6 is 0 Å². The molecule has 19 heavy (non-hydrogen) atoms. The minimum atomic E-state index is -0.472. The lowest BCUT2D eigenvalue weighted by Gasteiger charge is -2.11. The molecule has 3 rings (SSSR count). The van der Waals surface area contributed by atoms with E-state index in [0.29, 0.717) is 16.8 Å². The maximum atomic E-state index is 13.6. The van der Waals surface area contributed by atoms with Gasteiger partial charge in [0.25, 0.3) is 0 Å². The van der Waals surface area contributed by atoms with Crippen molar-refractivity contribution in [1.29, 1.82) is 0 Å². The van der Waals surface area contributed by atoms with E-state index in [1.54, 1.807) is 36.8 Å². The van der Waals surface area contributed by atoms with E-state index in [4.69, 9.17) is 10.3 Å². The summed E-state index contributed by atoms with van der Waals surface area (Å²) in [5, 5.41) is 0.680. The van der Waals surface area contributed by atoms with Gasteiger partial charge in [0.05, 0.1) is 11.9 Å². The Kier molecular flexibility index (Phi) is 2.94. The van der Waals surface area contributed by atoms with Gasteiger partial charge in [-0.05, 0) is 12.1 Å². The van der Waals surface area contributed by atoms with Crippen molar-refractivity contribution >= 4 is 11.0 Å². The molecule has 5 nitrogen and oxygen atoms in total. The summed E-state index contributed by atoms with van der Waals surface area (Å²) >= 11 is 0. The van der Waals surface area contributed by atoms with Crippen LogP contribution in [0.25, 0.3) is 11.0 Å². The second-order valence-electron chi connectivity index (χ2n) is 4.04. The Balaban J connectivity index is 2.09. The number of hydrogen-bond acceptors (Lipinski definition) is 5. The molecule has 1 atom stereocenters. The first-order chi connectivity index (χ1) is 9.29. The largest absolute Gasteiger partial charge is 0.456 e. The normalized spacial score (nSPS) is 12.7. The van der Waals surface area contributed by atoms with Gasteiger partial charge in [-0.15, -0.1) is 0 Å². The second-order valence-corrected chi connectivity index (χ2v) is 4.04. The number of hydrogen-bond donors (Lipinski definition) is 2. The van der Waals surface area contributed by atoms with Gasteiger partial charge in [0.15, 0.2) is 11.4 Å². The summed E-state index contributed by atoms with van der Waals surface area (Å²) in [5.74, 6) is 5.61. The average molecular weight is 258 g/mol. The maximum absolute atomic E-state index is 13.6. The highest BCUT2D eigenvalue weighted by Crippen LogP contribution is 2.28. The monoisotopic (exact) mass is 258 g/mol. The molecule has 2 heterocycles. The molecule has 2 aromatic heterocycles. The highest BCUT2D eigenvalue weighted by molar-refractivity contribution is 5.78. The summed E-state index contributed by atoms with van der Waals surface area (Å²) in [7, 11) is 0. The Bertz CT molecular complexity index is 698. The first-order valence-electron chi connectivity index (χ1n) is 5.69. The summed E-state index contributed by atoms with van der Waals surface area (Å²) in [6.07, 6.45) is 4.70. The first kappa shape index (κ1) is 11.8. The molecular formula is C13H11FN4O. The van der Waals surface area contributed by atoms with E-state index in [1.807, 2.05) is 0 Å². The Hall–Kier alpha value is -2.31. The predicted molar refractivity (Wildman–Crippen MR) is 67.4 cm³/mol. The summed E-state index contributed by atoms with van der Waals surface area (Å²) in [6.45, 7) is 0. The van der Waals surface area contributed by atoms with Gasteiger partial charge in [-0.1, -0.05) is 12.1 Å². The number of aromatic nitrogens is 2. The summed E-state index contributed by atoms with van der Waals surface area (Å²) in [4.78, 5) is 8.14. The van der Waals surface area contributed by atoms with Crippen LogP contribution in [0.15, 0.2) is 47.3 Å². The molecule has 0 saturated carbocycles. The van der Waals surface area contributed by atoms with Crippen LogP contribution in [0.3, 0.4) is 0 Å². The third kappa shape index (κ3) is 2.07. The molecule has 0 amide bonds. The first-order valence-corrected chi connectivity index (χ1v) is 5.69. The van der Waals surface area contributed by atoms with Crippen LogP contribution in [0.2, 0.25) is 0 Å². The Labute approximate surface area is 108 Å². The second kappa shape index (κ2) is 4.75. The van der Waals surface area contributed by atoms with E-state index in [-0.39, 0.29) is 5.58 Å². The number of para-hydroxylation sites is 1. The number of halogens is 1. The predicted octanol–water partition coefficient (Wildman–Crippen LogP) is 1.91. The lowest BCUT2D eigenvalue weighted by molar-refractivity contribution is 0.459. The Morgan fingerprint density at radius 2 is 2.21 bits per heavy atom. The molecule has 0 fully saturated rings.